The van der Waals surface area contributed by atoms with Crippen LogP contribution in [0.1, 0.15) is 5.56 Å². The molecule has 2 aromatic heterocycles. The minimum Gasteiger partial charge on any atom is -0.507 e. The van der Waals surface area contributed by atoms with E-state index in [0.717, 1.165) is 11.0 Å². The fourth-order valence-corrected chi connectivity index (χ4v) is 2.24. The summed E-state index contributed by atoms with van der Waals surface area (Å²) in [5.41, 5.74) is 5.44. The van der Waals surface area contributed by atoms with Crippen LogP contribution in [0.15, 0.2) is 53.6 Å². The first-order valence-corrected chi connectivity index (χ1v) is 6.87. The Labute approximate surface area is 130 Å². The first-order chi connectivity index (χ1) is 11.3. The van der Waals surface area contributed by atoms with Crippen molar-refractivity contribution in [2.75, 3.05) is 5.43 Å². The van der Waals surface area contributed by atoms with E-state index in [1.807, 2.05) is 30.3 Å². The quantitative estimate of drug-likeness (QED) is 0.442. The van der Waals surface area contributed by atoms with Gasteiger partial charge >= 0.3 is 0 Å². The van der Waals surface area contributed by atoms with Crippen LogP contribution in [0.4, 0.5) is 5.82 Å². The smallest absolute Gasteiger partial charge is 0.224 e. The Kier molecular flexibility index (Phi) is 3.05. The van der Waals surface area contributed by atoms with Gasteiger partial charge < -0.3 is 5.11 Å². The maximum atomic E-state index is 9.72. The molecule has 8 nitrogen and oxygen atoms in total. The molecule has 0 aliphatic rings. The van der Waals surface area contributed by atoms with Crippen LogP contribution in [0.3, 0.4) is 0 Å². The van der Waals surface area contributed by atoms with Gasteiger partial charge in [0.1, 0.15) is 5.75 Å². The number of para-hydroxylation sites is 3. The molecule has 8 heteroatoms. The van der Waals surface area contributed by atoms with Gasteiger partial charge in [-0.1, -0.05) is 24.3 Å². The van der Waals surface area contributed by atoms with E-state index in [1.165, 1.54) is 6.21 Å². The van der Waals surface area contributed by atoms with Crippen LogP contribution in [-0.4, -0.2) is 36.3 Å². The second kappa shape index (κ2) is 5.34. The summed E-state index contributed by atoms with van der Waals surface area (Å²) < 4.78 is 1.60. The van der Waals surface area contributed by atoms with E-state index in [-0.39, 0.29) is 5.75 Å². The maximum absolute atomic E-state index is 9.72. The average molecular weight is 305 g/mol. The van der Waals surface area contributed by atoms with Gasteiger partial charge in [0.25, 0.3) is 0 Å². The third kappa shape index (κ3) is 2.31. The summed E-state index contributed by atoms with van der Waals surface area (Å²) in [6.45, 7) is 0. The van der Waals surface area contributed by atoms with Gasteiger partial charge in [-0.25, -0.2) is 4.98 Å². The minimum absolute atomic E-state index is 0.152. The summed E-state index contributed by atoms with van der Waals surface area (Å²) >= 11 is 0. The molecule has 0 aliphatic heterocycles. The van der Waals surface area contributed by atoms with E-state index in [0.29, 0.717) is 17.0 Å². The number of phenols is 1. The first-order valence-electron chi connectivity index (χ1n) is 6.87. The molecular formula is C15H11N7O. The van der Waals surface area contributed by atoms with Crippen molar-refractivity contribution in [1.82, 2.24) is 25.0 Å². The molecular weight excluding hydrogens is 294 g/mol. The molecule has 2 heterocycles. The van der Waals surface area contributed by atoms with Crippen molar-refractivity contribution in [2.24, 2.45) is 5.10 Å². The van der Waals surface area contributed by atoms with Crippen molar-refractivity contribution in [2.45, 2.75) is 0 Å². The lowest BCUT2D eigenvalue weighted by atomic mass is 10.2. The molecule has 23 heavy (non-hydrogen) atoms. The van der Waals surface area contributed by atoms with Gasteiger partial charge in [0.2, 0.25) is 5.65 Å². The molecule has 112 valence electrons. The Morgan fingerprint density at radius 2 is 1.91 bits per heavy atom. The molecule has 0 bridgehead atoms. The molecule has 2 aromatic carbocycles. The molecule has 0 spiro atoms. The average Bonchev–Trinajstić information content (AvgIpc) is 3.07. The summed E-state index contributed by atoms with van der Waals surface area (Å²) in [6, 6.07) is 14.5. The van der Waals surface area contributed by atoms with Crippen molar-refractivity contribution < 1.29 is 5.11 Å². The molecule has 4 rings (SSSR count). The highest BCUT2D eigenvalue weighted by molar-refractivity contribution is 5.85. The Hall–Kier alpha value is -3.55. The zero-order chi connectivity index (χ0) is 15.6. The molecule has 0 radical (unpaired) electrons. The molecule has 2 N–H and O–H groups in total. The predicted molar refractivity (Wildman–Crippen MR) is 85.4 cm³/mol. The van der Waals surface area contributed by atoms with Crippen molar-refractivity contribution in [3.63, 3.8) is 0 Å². The lowest BCUT2D eigenvalue weighted by Gasteiger charge is -2.04. The number of tetrazole rings is 1. The fourth-order valence-electron chi connectivity index (χ4n) is 2.24. The van der Waals surface area contributed by atoms with Crippen LogP contribution >= 0.6 is 0 Å². The fraction of sp³-hybridized carbons (Fsp3) is 0. The van der Waals surface area contributed by atoms with Crippen molar-refractivity contribution in [1.29, 1.82) is 0 Å². The minimum atomic E-state index is 0.152. The number of rotatable bonds is 3. The SMILES string of the molecule is Oc1ccccc1/C=N/Nc1nc2ccccc2n2nnnc12. The van der Waals surface area contributed by atoms with E-state index in [2.05, 4.69) is 31.0 Å². The summed E-state index contributed by atoms with van der Waals surface area (Å²) in [6.07, 6.45) is 1.51. The van der Waals surface area contributed by atoms with Gasteiger partial charge in [0.05, 0.1) is 17.2 Å². The summed E-state index contributed by atoms with van der Waals surface area (Å²) in [5, 5.41) is 25.4. The highest BCUT2D eigenvalue weighted by Gasteiger charge is 2.10. The molecule has 0 unspecified atom stereocenters. The number of aromatic hydroxyl groups is 1. The largest absolute Gasteiger partial charge is 0.507 e. The number of fused-ring (bicyclic) bond motifs is 3. The van der Waals surface area contributed by atoms with Gasteiger partial charge in [0, 0.05) is 5.56 Å². The standard InChI is InChI=1S/C15H11N7O/c23-13-8-4-1-5-10(13)9-16-18-14-15-19-20-21-22(15)12-7-3-2-6-11(12)17-14/h1-9,23H,(H,17,18)/b16-9+. The molecule has 0 fully saturated rings. The first kappa shape index (κ1) is 13.1. The molecule has 0 amide bonds. The van der Waals surface area contributed by atoms with Crippen LogP contribution < -0.4 is 5.43 Å². The lowest BCUT2D eigenvalue weighted by Crippen LogP contribution is -2.01. The molecule has 0 saturated carbocycles. The zero-order valence-corrected chi connectivity index (χ0v) is 11.8. The van der Waals surface area contributed by atoms with Gasteiger partial charge in [-0.05, 0) is 34.7 Å². The van der Waals surface area contributed by atoms with Crippen LogP contribution in [0.25, 0.3) is 16.7 Å². The number of hydrazone groups is 1. The molecule has 0 aliphatic carbocycles. The number of hydrogen-bond donors (Lipinski definition) is 2. The number of aromatic nitrogens is 5. The van der Waals surface area contributed by atoms with Crippen LogP contribution in [0.5, 0.6) is 5.75 Å². The number of hydrogen-bond acceptors (Lipinski definition) is 7. The molecule has 4 aromatic rings. The maximum Gasteiger partial charge on any atom is 0.224 e. The van der Waals surface area contributed by atoms with Gasteiger partial charge in [-0.2, -0.15) is 9.62 Å². The third-order valence-electron chi connectivity index (χ3n) is 3.33. The number of anilines is 1. The molecule has 0 saturated heterocycles. The Morgan fingerprint density at radius 1 is 1.09 bits per heavy atom. The van der Waals surface area contributed by atoms with E-state index in [4.69, 9.17) is 0 Å². The van der Waals surface area contributed by atoms with E-state index < -0.39 is 0 Å². The number of phenolic OH excluding ortho intramolecular Hbond substituents is 1. The highest BCUT2D eigenvalue weighted by atomic mass is 16.3. The van der Waals surface area contributed by atoms with Crippen LogP contribution in [-0.2, 0) is 0 Å². The number of benzene rings is 2. The Balaban J connectivity index is 1.73. The van der Waals surface area contributed by atoms with Crippen molar-refractivity contribution in [3.8, 4) is 5.75 Å². The third-order valence-corrected chi connectivity index (χ3v) is 3.33. The van der Waals surface area contributed by atoms with E-state index >= 15 is 0 Å². The summed E-state index contributed by atoms with van der Waals surface area (Å²) in [5.74, 6) is 0.583. The zero-order valence-electron chi connectivity index (χ0n) is 11.8. The van der Waals surface area contributed by atoms with Gasteiger partial charge in [-0.3, -0.25) is 5.43 Å². The summed E-state index contributed by atoms with van der Waals surface area (Å²) in [4.78, 5) is 4.48. The van der Waals surface area contributed by atoms with Crippen molar-refractivity contribution in [3.05, 3.63) is 54.1 Å². The summed E-state index contributed by atoms with van der Waals surface area (Å²) in [7, 11) is 0. The Bertz CT molecular complexity index is 1020. The second-order valence-corrected chi connectivity index (χ2v) is 4.79. The Morgan fingerprint density at radius 3 is 2.83 bits per heavy atom. The highest BCUT2D eigenvalue weighted by Crippen LogP contribution is 2.19. The van der Waals surface area contributed by atoms with E-state index in [9.17, 15) is 5.11 Å². The monoisotopic (exact) mass is 305 g/mol. The number of nitrogens with zero attached hydrogens (tertiary/aromatic N) is 6. The van der Waals surface area contributed by atoms with Crippen LogP contribution in [0, 0.1) is 0 Å². The van der Waals surface area contributed by atoms with Crippen LogP contribution in [0.2, 0.25) is 0 Å². The van der Waals surface area contributed by atoms with E-state index in [1.54, 1.807) is 22.7 Å². The number of nitrogens with one attached hydrogen (secondary N) is 1. The van der Waals surface area contributed by atoms with Crippen molar-refractivity contribution >= 4 is 28.7 Å². The topological polar surface area (TPSA) is 101 Å². The lowest BCUT2D eigenvalue weighted by molar-refractivity contribution is 0.474. The molecule has 0 atom stereocenters. The normalized spacial score (nSPS) is 11.5. The predicted octanol–water partition coefficient (Wildman–Crippen LogP) is 1.82. The second-order valence-electron chi connectivity index (χ2n) is 4.79. The van der Waals surface area contributed by atoms with Gasteiger partial charge in [-0.15, -0.1) is 5.10 Å². The van der Waals surface area contributed by atoms with Gasteiger partial charge in [0.15, 0.2) is 5.82 Å².